The number of thiophene rings is 1. The highest BCUT2D eigenvalue weighted by atomic mass is 32.1. The van der Waals surface area contributed by atoms with Crippen molar-refractivity contribution >= 4 is 17.4 Å². The van der Waals surface area contributed by atoms with E-state index in [0.29, 0.717) is 13.0 Å². The zero-order valence-corrected chi connectivity index (χ0v) is 14.0. The molecule has 1 aromatic heterocycles. The van der Waals surface area contributed by atoms with Gasteiger partial charge in [0.1, 0.15) is 11.4 Å². The van der Waals surface area contributed by atoms with E-state index in [-0.39, 0.29) is 18.4 Å². The number of urea groups is 1. The Kier molecular flexibility index (Phi) is 5.74. The van der Waals surface area contributed by atoms with Crippen molar-refractivity contribution in [2.24, 2.45) is 0 Å². The molecule has 2 aromatic rings. The van der Waals surface area contributed by atoms with Gasteiger partial charge in [0.2, 0.25) is 0 Å². The van der Waals surface area contributed by atoms with Crippen molar-refractivity contribution in [1.29, 1.82) is 0 Å². The molecule has 0 fully saturated rings. The second-order valence-corrected chi connectivity index (χ2v) is 6.63. The van der Waals surface area contributed by atoms with Crippen molar-refractivity contribution in [2.75, 3.05) is 13.1 Å². The summed E-state index contributed by atoms with van der Waals surface area (Å²) in [6, 6.07) is 7.99. The summed E-state index contributed by atoms with van der Waals surface area (Å²) in [5, 5.41) is 17.6. The second kappa shape index (κ2) is 7.57. The van der Waals surface area contributed by atoms with Crippen LogP contribution in [0.2, 0.25) is 0 Å². The minimum Gasteiger partial charge on any atom is -0.383 e. The molecule has 1 heterocycles. The molecule has 4 nitrogen and oxygen atoms in total. The summed E-state index contributed by atoms with van der Waals surface area (Å²) in [5.41, 5.74) is 0.782. The van der Waals surface area contributed by atoms with Crippen molar-refractivity contribution in [3.63, 3.8) is 0 Å². The number of carbonyl (C=O) groups excluding carboxylic acids is 1. The van der Waals surface area contributed by atoms with Crippen LogP contribution in [0.25, 0.3) is 0 Å². The molecular weight excluding hydrogens is 315 g/mol. The molecule has 0 bridgehead atoms. The first-order valence-electron chi connectivity index (χ1n) is 7.41. The Balaban J connectivity index is 1.75. The van der Waals surface area contributed by atoms with Gasteiger partial charge in [0.05, 0.1) is 6.54 Å². The highest BCUT2D eigenvalue weighted by Gasteiger charge is 2.24. The van der Waals surface area contributed by atoms with Gasteiger partial charge in [-0.2, -0.15) is 0 Å². The molecular formula is C17H21FN2O2S. The SMILES string of the molecule is Cc1cc(F)ccc1CCNC(=O)NCC(C)(O)c1cccs1. The average Bonchev–Trinajstić information content (AvgIpc) is 3.03. The number of amides is 2. The van der Waals surface area contributed by atoms with Crippen LogP contribution < -0.4 is 10.6 Å². The number of aryl methyl sites for hydroxylation is 1. The first kappa shape index (κ1) is 17.4. The van der Waals surface area contributed by atoms with Crippen molar-refractivity contribution < 1.29 is 14.3 Å². The van der Waals surface area contributed by atoms with E-state index in [1.165, 1.54) is 23.5 Å². The quantitative estimate of drug-likeness (QED) is 0.759. The largest absolute Gasteiger partial charge is 0.383 e. The molecule has 0 saturated carbocycles. The van der Waals surface area contributed by atoms with Crippen molar-refractivity contribution in [1.82, 2.24) is 10.6 Å². The van der Waals surface area contributed by atoms with Crippen LogP contribution in [-0.2, 0) is 12.0 Å². The number of halogens is 1. The number of carbonyl (C=O) groups is 1. The topological polar surface area (TPSA) is 61.4 Å². The number of nitrogens with one attached hydrogen (secondary N) is 2. The van der Waals surface area contributed by atoms with Gasteiger partial charge in [-0.1, -0.05) is 12.1 Å². The molecule has 0 aliphatic heterocycles. The van der Waals surface area contributed by atoms with E-state index < -0.39 is 5.60 Å². The standard InChI is InChI=1S/C17H21FN2O2S/c1-12-10-14(18)6-5-13(12)7-8-19-16(21)20-11-17(2,22)15-4-3-9-23-15/h3-6,9-10,22H,7-8,11H2,1-2H3,(H2,19,20,21). The molecule has 124 valence electrons. The summed E-state index contributed by atoms with van der Waals surface area (Å²) in [7, 11) is 0. The van der Waals surface area contributed by atoms with E-state index in [2.05, 4.69) is 10.6 Å². The molecule has 1 aromatic carbocycles. The van der Waals surface area contributed by atoms with Crippen LogP contribution in [0.4, 0.5) is 9.18 Å². The van der Waals surface area contributed by atoms with Crippen LogP contribution in [0.3, 0.4) is 0 Å². The Labute approximate surface area is 139 Å². The number of hydrogen-bond donors (Lipinski definition) is 3. The summed E-state index contributed by atoms with van der Waals surface area (Å²) >= 11 is 1.45. The van der Waals surface area contributed by atoms with Gasteiger partial charge in [-0.15, -0.1) is 11.3 Å². The van der Waals surface area contributed by atoms with Crippen molar-refractivity contribution in [3.8, 4) is 0 Å². The fraction of sp³-hybridized carbons (Fsp3) is 0.353. The summed E-state index contributed by atoms with van der Waals surface area (Å²) in [6.45, 7) is 4.09. The maximum Gasteiger partial charge on any atom is 0.314 e. The smallest absolute Gasteiger partial charge is 0.314 e. The Bertz CT molecular complexity index is 657. The maximum atomic E-state index is 13.0. The van der Waals surface area contributed by atoms with E-state index in [1.54, 1.807) is 13.0 Å². The molecule has 1 atom stereocenters. The monoisotopic (exact) mass is 336 g/mol. The molecule has 6 heteroatoms. The molecule has 0 saturated heterocycles. The molecule has 0 aliphatic rings. The van der Waals surface area contributed by atoms with Crippen LogP contribution in [0.1, 0.15) is 22.9 Å². The third-order valence-electron chi connectivity index (χ3n) is 3.63. The van der Waals surface area contributed by atoms with Crippen LogP contribution in [-0.4, -0.2) is 24.2 Å². The average molecular weight is 336 g/mol. The van der Waals surface area contributed by atoms with Crippen LogP contribution >= 0.6 is 11.3 Å². The lowest BCUT2D eigenvalue weighted by molar-refractivity contribution is 0.0631. The summed E-state index contributed by atoms with van der Waals surface area (Å²) in [5.74, 6) is -0.257. The lowest BCUT2D eigenvalue weighted by Gasteiger charge is -2.22. The van der Waals surface area contributed by atoms with Gasteiger partial charge in [-0.3, -0.25) is 0 Å². The van der Waals surface area contributed by atoms with E-state index in [9.17, 15) is 14.3 Å². The zero-order chi connectivity index (χ0) is 16.9. The fourth-order valence-corrected chi connectivity index (χ4v) is 3.02. The van der Waals surface area contributed by atoms with E-state index >= 15 is 0 Å². The predicted octanol–water partition coefficient (Wildman–Crippen LogP) is 2.95. The van der Waals surface area contributed by atoms with E-state index in [1.807, 2.05) is 24.4 Å². The maximum absolute atomic E-state index is 13.0. The first-order valence-corrected chi connectivity index (χ1v) is 8.29. The number of hydrogen-bond acceptors (Lipinski definition) is 3. The van der Waals surface area contributed by atoms with Crippen LogP contribution in [0, 0.1) is 12.7 Å². The molecule has 23 heavy (non-hydrogen) atoms. The number of rotatable bonds is 6. The third-order valence-corrected chi connectivity index (χ3v) is 4.75. The minimum absolute atomic E-state index is 0.134. The van der Waals surface area contributed by atoms with Gasteiger partial charge >= 0.3 is 6.03 Å². The Morgan fingerprint density at radius 3 is 2.78 bits per heavy atom. The molecule has 2 rings (SSSR count). The summed E-state index contributed by atoms with van der Waals surface area (Å²) < 4.78 is 13.0. The first-order chi connectivity index (χ1) is 10.9. The lowest BCUT2D eigenvalue weighted by atomic mass is 10.1. The van der Waals surface area contributed by atoms with Gasteiger partial charge < -0.3 is 15.7 Å². The third kappa shape index (κ3) is 5.04. The predicted molar refractivity (Wildman–Crippen MR) is 90.1 cm³/mol. The van der Waals surface area contributed by atoms with E-state index in [4.69, 9.17) is 0 Å². The molecule has 0 spiro atoms. The Morgan fingerprint density at radius 1 is 1.35 bits per heavy atom. The molecule has 3 N–H and O–H groups in total. The van der Waals surface area contributed by atoms with Crippen molar-refractivity contribution in [3.05, 3.63) is 57.5 Å². The Morgan fingerprint density at radius 2 is 2.13 bits per heavy atom. The van der Waals surface area contributed by atoms with Crippen LogP contribution in [0.15, 0.2) is 35.7 Å². The van der Waals surface area contributed by atoms with Crippen LogP contribution in [0.5, 0.6) is 0 Å². The number of benzene rings is 1. The minimum atomic E-state index is -1.08. The molecule has 2 amide bonds. The highest BCUT2D eigenvalue weighted by molar-refractivity contribution is 7.10. The molecule has 0 radical (unpaired) electrons. The zero-order valence-electron chi connectivity index (χ0n) is 13.2. The summed E-state index contributed by atoms with van der Waals surface area (Å²) in [6.07, 6.45) is 0.626. The fourth-order valence-electron chi connectivity index (χ4n) is 2.24. The van der Waals surface area contributed by atoms with Gasteiger partial charge in [0.25, 0.3) is 0 Å². The van der Waals surface area contributed by atoms with E-state index in [0.717, 1.165) is 16.0 Å². The lowest BCUT2D eigenvalue weighted by Crippen LogP contribution is -2.43. The van der Waals surface area contributed by atoms with Crippen molar-refractivity contribution in [2.45, 2.75) is 25.9 Å². The van der Waals surface area contributed by atoms with Gasteiger partial charge in [0, 0.05) is 11.4 Å². The molecule has 0 aliphatic carbocycles. The highest BCUT2D eigenvalue weighted by Crippen LogP contribution is 2.24. The summed E-state index contributed by atoms with van der Waals surface area (Å²) in [4.78, 5) is 12.6. The molecule has 1 unspecified atom stereocenters. The number of aliphatic hydroxyl groups is 1. The van der Waals surface area contributed by atoms with Gasteiger partial charge in [-0.05, 0) is 55.0 Å². The van der Waals surface area contributed by atoms with Gasteiger partial charge in [-0.25, -0.2) is 9.18 Å². The second-order valence-electron chi connectivity index (χ2n) is 5.68. The Hall–Kier alpha value is -1.92. The van der Waals surface area contributed by atoms with Gasteiger partial charge in [0.15, 0.2) is 0 Å². The normalized spacial score (nSPS) is 13.4.